The van der Waals surface area contributed by atoms with E-state index in [2.05, 4.69) is 0 Å². The summed E-state index contributed by atoms with van der Waals surface area (Å²) in [6, 6.07) is 0.836. The van der Waals surface area contributed by atoms with Gasteiger partial charge in [0.05, 0.1) is 17.5 Å². The van der Waals surface area contributed by atoms with Gasteiger partial charge in [-0.3, -0.25) is 28.9 Å². The van der Waals surface area contributed by atoms with Gasteiger partial charge in [0.15, 0.2) is 34.7 Å². The molecule has 0 aliphatic heterocycles. The summed E-state index contributed by atoms with van der Waals surface area (Å²) in [5.74, 6) is -9.35. The van der Waals surface area contributed by atoms with E-state index in [4.69, 9.17) is 5.73 Å². The zero-order chi connectivity index (χ0) is 28.4. The fraction of sp³-hybridized carbons (Fsp3) is 0.633. The van der Waals surface area contributed by atoms with Gasteiger partial charge in [-0.25, -0.2) is 0 Å². The summed E-state index contributed by atoms with van der Waals surface area (Å²) in [6.07, 6.45) is 7.90. The van der Waals surface area contributed by atoms with Crippen LogP contribution in [0.4, 0.5) is 0 Å². The summed E-state index contributed by atoms with van der Waals surface area (Å²) in [7, 11) is 3.15. The van der Waals surface area contributed by atoms with Gasteiger partial charge in [-0.1, -0.05) is 38.2 Å². The highest BCUT2D eigenvalue weighted by Gasteiger charge is 2.69. The number of hydrogen-bond acceptors (Lipinski definition) is 8. The van der Waals surface area contributed by atoms with Gasteiger partial charge in [0.25, 0.3) is 0 Å². The molecule has 0 bridgehead atoms. The molecule has 4 N–H and O–H groups in total. The van der Waals surface area contributed by atoms with Gasteiger partial charge in [-0.05, 0) is 75.2 Å². The first-order chi connectivity index (χ1) is 18.4. The van der Waals surface area contributed by atoms with E-state index in [0.29, 0.717) is 29.9 Å². The maximum atomic E-state index is 13.9. The lowest BCUT2D eigenvalue weighted by Crippen LogP contribution is -2.74. The number of benzene rings is 1. The van der Waals surface area contributed by atoms with E-state index < -0.39 is 64.4 Å². The van der Waals surface area contributed by atoms with Gasteiger partial charge in [0.1, 0.15) is 5.75 Å². The molecule has 9 nitrogen and oxygen atoms in total. The van der Waals surface area contributed by atoms with E-state index in [0.717, 1.165) is 12.0 Å². The maximum absolute atomic E-state index is 13.9. The Labute approximate surface area is 228 Å². The minimum absolute atomic E-state index is 0.0630. The lowest BCUT2D eigenvalue weighted by atomic mass is 9.52. The van der Waals surface area contributed by atoms with Crippen molar-refractivity contribution >= 4 is 29.0 Å². The predicted molar refractivity (Wildman–Crippen MR) is 141 cm³/mol. The van der Waals surface area contributed by atoms with Crippen molar-refractivity contribution in [2.75, 3.05) is 14.1 Å². The fourth-order valence-corrected chi connectivity index (χ4v) is 7.95. The van der Waals surface area contributed by atoms with E-state index in [9.17, 15) is 34.2 Å². The number of Topliss-reactive ketones (excluding diaryl/α,β-unsaturated/α-hetero) is 4. The van der Waals surface area contributed by atoms with Crippen LogP contribution in [0.15, 0.2) is 6.07 Å². The average molecular weight is 539 g/mol. The Morgan fingerprint density at radius 2 is 1.77 bits per heavy atom. The number of likely N-dealkylation sites (N-methyl/N-ethyl adjacent to an activating group) is 1. The number of carbonyl (C=O) groups is 5. The van der Waals surface area contributed by atoms with Crippen molar-refractivity contribution in [3.63, 3.8) is 0 Å². The second-order valence-electron chi connectivity index (χ2n) is 12.4. The number of carbonyl (C=O) groups excluding carboxylic acids is 5. The van der Waals surface area contributed by atoms with Gasteiger partial charge in [0, 0.05) is 5.92 Å². The van der Waals surface area contributed by atoms with Crippen molar-refractivity contribution in [3.8, 4) is 5.75 Å². The molecule has 3 fully saturated rings. The van der Waals surface area contributed by atoms with E-state index in [1.54, 1.807) is 14.1 Å². The van der Waals surface area contributed by atoms with E-state index >= 15 is 0 Å². The molecule has 1 amide bonds. The minimum atomic E-state index is -2.69. The first-order valence-corrected chi connectivity index (χ1v) is 14.1. The quantitative estimate of drug-likeness (QED) is 0.479. The highest BCUT2D eigenvalue weighted by Crippen LogP contribution is 2.51. The molecule has 5 rings (SSSR count). The van der Waals surface area contributed by atoms with Gasteiger partial charge < -0.3 is 15.9 Å². The number of aromatic hydroxyl groups is 1. The minimum Gasteiger partial charge on any atom is -0.507 e. The Balaban J connectivity index is 1.53. The number of rotatable bonds is 5. The molecule has 3 saturated carbocycles. The number of phenols is 1. The second-order valence-corrected chi connectivity index (χ2v) is 12.4. The van der Waals surface area contributed by atoms with Gasteiger partial charge >= 0.3 is 0 Å². The van der Waals surface area contributed by atoms with Gasteiger partial charge in [-0.2, -0.15) is 0 Å². The largest absolute Gasteiger partial charge is 0.507 e. The Morgan fingerprint density at radius 3 is 2.38 bits per heavy atom. The molecule has 3 unspecified atom stereocenters. The lowest BCUT2D eigenvalue weighted by molar-refractivity contribution is -0.181. The van der Waals surface area contributed by atoms with Crippen molar-refractivity contribution in [2.45, 2.75) is 76.4 Å². The molecule has 39 heavy (non-hydrogen) atoms. The number of nitrogens with two attached hydrogens (primary N) is 1. The number of nitrogens with zero attached hydrogens (tertiary/aromatic N) is 1. The summed E-state index contributed by atoms with van der Waals surface area (Å²) < 4.78 is 0. The molecule has 0 heterocycles. The Kier molecular flexibility index (Phi) is 7.04. The van der Waals surface area contributed by atoms with Crippen LogP contribution in [0, 0.1) is 36.5 Å². The molecule has 1 aromatic carbocycles. The number of phenolic OH excluding ortho intramolecular Hbond substituents is 1. The standard InChI is InChI=1S/C30H38N2O7/c1-14-11-16(10-9-15-7-5-4-6-8-15)24(33)21-18(14)12-17-13-19-23(32(2)3)26(35)22(29(31)38)28(37)30(19,39)27(36)20(17)25(21)34/h11,15,17,19-20,22-23,33,39H,4-10,12-13H2,1-3H3,(H2,31,38)/t17-,19-,20?,22?,23?,30-/m1/s1. The van der Waals surface area contributed by atoms with Crippen molar-refractivity contribution in [3.05, 3.63) is 28.3 Å². The van der Waals surface area contributed by atoms with Gasteiger partial charge in [0.2, 0.25) is 5.91 Å². The van der Waals surface area contributed by atoms with Crippen LogP contribution in [-0.2, 0) is 32.0 Å². The molecule has 0 saturated heterocycles. The molecule has 9 heteroatoms. The van der Waals surface area contributed by atoms with Crippen LogP contribution in [0.1, 0.15) is 72.0 Å². The highest BCUT2D eigenvalue weighted by atomic mass is 16.3. The summed E-state index contributed by atoms with van der Waals surface area (Å²) in [5, 5.41) is 23.0. The van der Waals surface area contributed by atoms with Crippen LogP contribution < -0.4 is 5.73 Å². The highest BCUT2D eigenvalue weighted by molar-refractivity contribution is 6.32. The molecular weight excluding hydrogens is 500 g/mol. The van der Waals surface area contributed by atoms with Crippen molar-refractivity contribution in [1.29, 1.82) is 0 Å². The monoisotopic (exact) mass is 538 g/mol. The van der Waals surface area contributed by atoms with Crippen molar-refractivity contribution < 1.29 is 34.2 Å². The van der Waals surface area contributed by atoms with E-state index in [-0.39, 0.29) is 17.7 Å². The molecule has 4 aliphatic carbocycles. The molecule has 0 spiro atoms. The molecule has 4 aliphatic rings. The van der Waals surface area contributed by atoms with Crippen LogP contribution in [0.2, 0.25) is 0 Å². The number of ketones is 4. The first-order valence-electron chi connectivity index (χ1n) is 14.1. The third kappa shape index (κ3) is 4.16. The number of aliphatic hydroxyl groups is 1. The van der Waals surface area contributed by atoms with Crippen LogP contribution in [0.5, 0.6) is 5.75 Å². The van der Waals surface area contributed by atoms with Crippen molar-refractivity contribution in [2.24, 2.45) is 35.3 Å². The Hall–Kier alpha value is -2.91. The first kappa shape index (κ1) is 27.6. The molecular formula is C30H38N2O7. The summed E-state index contributed by atoms with van der Waals surface area (Å²) in [6.45, 7) is 1.89. The molecule has 210 valence electrons. The lowest BCUT2D eigenvalue weighted by Gasteiger charge is -2.52. The van der Waals surface area contributed by atoms with Crippen LogP contribution >= 0.6 is 0 Å². The van der Waals surface area contributed by atoms with Crippen molar-refractivity contribution in [1.82, 2.24) is 4.90 Å². The average Bonchev–Trinajstić information content (AvgIpc) is 2.87. The Bertz CT molecular complexity index is 1260. The van der Waals surface area contributed by atoms with E-state index in [1.807, 2.05) is 13.0 Å². The maximum Gasteiger partial charge on any atom is 0.235 e. The third-order valence-electron chi connectivity index (χ3n) is 9.91. The summed E-state index contributed by atoms with van der Waals surface area (Å²) in [5.41, 5.74) is 4.97. The van der Waals surface area contributed by atoms with Crippen LogP contribution in [0.3, 0.4) is 0 Å². The Morgan fingerprint density at radius 1 is 1.10 bits per heavy atom. The van der Waals surface area contributed by atoms with E-state index in [1.165, 1.54) is 37.0 Å². The number of primary amides is 1. The molecule has 0 radical (unpaired) electrons. The van der Waals surface area contributed by atoms with Gasteiger partial charge in [-0.15, -0.1) is 0 Å². The summed E-state index contributed by atoms with van der Waals surface area (Å²) >= 11 is 0. The third-order valence-corrected chi connectivity index (χ3v) is 9.91. The molecule has 1 aromatic rings. The smallest absolute Gasteiger partial charge is 0.235 e. The topological polar surface area (TPSA) is 155 Å². The number of amides is 1. The normalized spacial score (nSPS) is 33.1. The predicted octanol–water partition coefficient (Wildman–Crippen LogP) is 1.69. The zero-order valence-corrected chi connectivity index (χ0v) is 22.9. The molecule has 0 aromatic heterocycles. The SMILES string of the molecule is Cc1cc(CCC2CCCCC2)c(O)c2c1C[C@@H]1C[C@@H]3C(N(C)C)C(=O)C(C(N)=O)C(=O)[C@]3(O)C(=O)C1C2=O. The zero-order valence-electron chi connectivity index (χ0n) is 22.9. The molecule has 6 atom stereocenters. The summed E-state index contributed by atoms with van der Waals surface area (Å²) in [4.78, 5) is 68.0. The number of fused-ring (bicyclic) bond motifs is 3. The fourth-order valence-electron chi connectivity index (χ4n) is 7.95. The van der Waals surface area contributed by atoms with Crippen LogP contribution in [0.25, 0.3) is 0 Å². The van der Waals surface area contributed by atoms with Crippen LogP contribution in [-0.4, -0.2) is 69.9 Å². The second kappa shape index (κ2) is 9.93. The number of aryl methyl sites for hydroxylation is 2. The number of hydrogen-bond donors (Lipinski definition) is 3.